The van der Waals surface area contributed by atoms with E-state index >= 15 is 0 Å². The molecule has 0 radical (unpaired) electrons. The first-order valence-corrected chi connectivity index (χ1v) is 10.7. The summed E-state index contributed by atoms with van der Waals surface area (Å²) in [5.74, 6) is -0.495. The van der Waals surface area contributed by atoms with Gasteiger partial charge in [0.2, 0.25) is 0 Å². The van der Waals surface area contributed by atoms with Crippen LogP contribution in [0.1, 0.15) is 28.8 Å². The Morgan fingerprint density at radius 2 is 1.80 bits per heavy atom. The average molecular weight is 423 g/mol. The van der Waals surface area contributed by atoms with Crippen molar-refractivity contribution in [3.63, 3.8) is 0 Å². The molecule has 0 bridgehead atoms. The van der Waals surface area contributed by atoms with Crippen LogP contribution in [0.3, 0.4) is 0 Å². The zero-order valence-electron chi connectivity index (χ0n) is 16.9. The van der Waals surface area contributed by atoms with Gasteiger partial charge >= 0.3 is 0 Å². The molecule has 2 aliphatic rings. The van der Waals surface area contributed by atoms with E-state index in [-0.39, 0.29) is 5.91 Å². The standard InChI is InChI=1S/C24H23ClN2O3/c1-16-6-7-21-18(14-16)19(15-22(26-21)17-4-2-3-5-20(17)25)23(28)27-10-8-24(9-11-27)29-12-13-30-24/h2-7,14-15H,8-13H2,1H3. The van der Waals surface area contributed by atoms with E-state index < -0.39 is 5.79 Å². The summed E-state index contributed by atoms with van der Waals surface area (Å²) in [6.07, 6.45) is 1.39. The van der Waals surface area contributed by atoms with E-state index in [4.69, 9.17) is 26.1 Å². The van der Waals surface area contributed by atoms with Crippen molar-refractivity contribution in [1.82, 2.24) is 9.88 Å². The van der Waals surface area contributed by atoms with Crippen molar-refractivity contribution in [2.24, 2.45) is 0 Å². The molecule has 3 heterocycles. The number of aryl methyl sites for hydroxylation is 1. The number of aromatic nitrogens is 1. The second-order valence-corrected chi connectivity index (χ2v) is 8.36. The highest BCUT2D eigenvalue weighted by molar-refractivity contribution is 6.33. The molecule has 6 heteroatoms. The number of ether oxygens (including phenoxy) is 2. The monoisotopic (exact) mass is 422 g/mol. The lowest BCUT2D eigenvalue weighted by Gasteiger charge is -2.37. The second kappa shape index (κ2) is 7.65. The van der Waals surface area contributed by atoms with Gasteiger partial charge < -0.3 is 14.4 Å². The van der Waals surface area contributed by atoms with E-state index in [1.165, 1.54) is 0 Å². The number of nitrogens with zero attached hydrogens (tertiary/aromatic N) is 2. The van der Waals surface area contributed by atoms with Crippen molar-refractivity contribution in [2.45, 2.75) is 25.6 Å². The molecule has 2 saturated heterocycles. The third kappa shape index (κ3) is 3.47. The molecule has 1 spiro atoms. The first kappa shape index (κ1) is 19.5. The number of carbonyl (C=O) groups is 1. The number of carbonyl (C=O) groups excluding carboxylic acids is 1. The van der Waals surface area contributed by atoms with Crippen LogP contribution < -0.4 is 0 Å². The fraction of sp³-hybridized carbons (Fsp3) is 0.333. The van der Waals surface area contributed by atoms with Crippen LogP contribution in [0.15, 0.2) is 48.5 Å². The van der Waals surface area contributed by atoms with Gasteiger partial charge in [-0.1, -0.05) is 41.4 Å². The van der Waals surface area contributed by atoms with Crippen LogP contribution in [-0.2, 0) is 9.47 Å². The molecule has 30 heavy (non-hydrogen) atoms. The number of halogens is 1. The number of benzene rings is 2. The summed E-state index contributed by atoms with van der Waals surface area (Å²) in [6.45, 7) is 4.49. The molecule has 2 fully saturated rings. The molecule has 3 aromatic rings. The predicted octanol–water partition coefficient (Wildman–Crippen LogP) is 4.84. The van der Waals surface area contributed by atoms with Gasteiger partial charge in [0.05, 0.1) is 30.0 Å². The number of amides is 1. The van der Waals surface area contributed by atoms with Crippen LogP contribution >= 0.6 is 11.6 Å². The number of likely N-dealkylation sites (tertiary alicyclic amines) is 1. The summed E-state index contributed by atoms with van der Waals surface area (Å²) < 4.78 is 11.6. The normalized spacial score (nSPS) is 18.3. The van der Waals surface area contributed by atoms with Gasteiger partial charge in [-0.05, 0) is 31.2 Å². The molecule has 0 N–H and O–H groups in total. The Bertz CT molecular complexity index is 1110. The average Bonchev–Trinajstić information content (AvgIpc) is 3.21. The van der Waals surface area contributed by atoms with Crippen molar-refractivity contribution in [3.05, 3.63) is 64.7 Å². The minimum atomic E-state index is -0.504. The van der Waals surface area contributed by atoms with Crippen LogP contribution in [0.25, 0.3) is 22.2 Å². The van der Waals surface area contributed by atoms with Gasteiger partial charge in [-0.15, -0.1) is 0 Å². The van der Waals surface area contributed by atoms with Gasteiger partial charge in [0.1, 0.15) is 0 Å². The van der Waals surface area contributed by atoms with Crippen LogP contribution in [0.5, 0.6) is 0 Å². The Morgan fingerprint density at radius 1 is 1.07 bits per heavy atom. The Balaban J connectivity index is 1.54. The zero-order valence-corrected chi connectivity index (χ0v) is 17.6. The van der Waals surface area contributed by atoms with Crippen LogP contribution in [0.2, 0.25) is 5.02 Å². The molecule has 0 unspecified atom stereocenters. The molecular weight excluding hydrogens is 400 g/mol. The van der Waals surface area contributed by atoms with Crippen molar-refractivity contribution in [3.8, 4) is 11.3 Å². The largest absolute Gasteiger partial charge is 0.347 e. The predicted molar refractivity (Wildman–Crippen MR) is 117 cm³/mol. The van der Waals surface area contributed by atoms with Crippen molar-refractivity contribution in [1.29, 1.82) is 0 Å². The lowest BCUT2D eigenvalue weighted by molar-refractivity contribution is -0.181. The van der Waals surface area contributed by atoms with Crippen LogP contribution in [0.4, 0.5) is 0 Å². The van der Waals surface area contributed by atoms with Crippen molar-refractivity contribution >= 4 is 28.4 Å². The molecular formula is C24H23ClN2O3. The van der Waals surface area contributed by atoms with E-state index in [2.05, 4.69) is 0 Å². The Hall–Kier alpha value is -2.47. The van der Waals surface area contributed by atoms with E-state index in [1.54, 1.807) is 0 Å². The fourth-order valence-electron chi connectivity index (χ4n) is 4.33. The quantitative estimate of drug-likeness (QED) is 0.592. The fourth-order valence-corrected chi connectivity index (χ4v) is 4.56. The molecule has 1 aromatic heterocycles. The summed E-state index contributed by atoms with van der Waals surface area (Å²) in [4.78, 5) is 20.3. The van der Waals surface area contributed by atoms with Crippen molar-refractivity contribution in [2.75, 3.05) is 26.3 Å². The third-order valence-corrected chi connectivity index (χ3v) is 6.30. The number of rotatable bonds is 2. The molecule has 154 valence electrons. The molecule has 0 aliphatic carbocycles. The molecule has 0 atom stereocenters. The van der Waals surface area contributed by atoms with Gasteiger partial charge in [0, 0.05) is 41.9 Å². The second-order valence-electron chi connectivity index (χ2n) is 7.96. The highest BCUT2D eigenvalue weighted by Crippen LogP contribution is 2.34. The molecule has 5 nitrogen and oxygen atoms in total. The SMILES string of the molecule is Cc1ccc2nc(-c3ccccc3Cl)cc(C(=O)N3CCC4(CC3)OCCO4)c2c1. The van der Waals surface area contributed by atoms with Gasteiger partial charge in [0.25, 0.3) is 5.91 Å². The molecule has 0 saturated carbocycles. The van der Waals surface area contributed by atoms with Gasteiger partial charge in [-0.2, -0.15) is 0 Å². The first-order valence-electron chi connectivity index (χ1n) is 10.3. The summed E-state index contributed by atoms with van der Waals surface area (Å²) in [7, 11) is 0. The van der Waals surface area contributed by atoms with Crippen LogP contribution in [-0.4, -0.2) is 47.9 Å². The number of pyridine rings is 1. The van der Waals surface area contributed by atoms with Crippen LogP contribution in [0, 0.1) is 6.92 Å². The summed E-state index contributed by atoms with van der Waals surface area (Å²) in [6, 6.07) is 15.5. The summed E-state index contributed by atoms with van der Waals surface area (Å²) in [5.41, 5.74) is 4.06. The van der Waals surface area contributed by atoms with Gasteiger partial charge in [-0.3, -0.25) is 4.79 Å². The maximum atomic E-state index is 13.6. The van der Waals surface area contributed by atoms with Crippen molar-refractivity contribution < 1.29 is 14.3 Å². The molecule has 1 amide bonds. The lowest BCUT2D eigenvalue weighted by Crippen LogP contribution is -2.47. The topological polar surface area (TPSA) is 51.7 Å². The maximum Gasteiger partial charge on any atom is 0.254 e. The zero-order chi connectivity index (χ0) is 20.7. The molecule has 5 rings (SSSR count). The Labute approximate surface area is 180 Å². The Morgan fingerprint density at radius 3 is 2.53 bits per heavy atom. The van der Waals surface area contributed by atoms with E-state index in [0.717, 1.165) is 22.0 Å². The van der Waals surface area contributed by atoms with Gasteiger partial charge in [-0.25, -0.2) is 4.98 Å². The number of fused-ring (bicyclic) bond motifs is 1. The number of hydrogen-bond acceptors (Lipinski definition) is 4. The highest BCUT2D eigenvalue weighted by atomic mass is 35.5. The maximum absolute atomic E-state index is 13.6. The number of piperidine rings is 1. The van der Waals surface area contributed by atoms with Gasteiger partial charge in [0.15, 0.2) is 5.79 Å². The molecule has 2 aliphatic heterocycles. The third-order valence-electron chi connectivity index (χ3n) is 5.97. The lowest BCUT2D eigenvalue weighted by atomic mass is 9.99. The van der Waals surface area contributed by atoms with E-state index in [9.17, 15) is 4.79 Å². The summed E-state index contributed by atoms with van der Waals surface area (Å²) >= 11 is 6.42. The highest BCUT2D eigenvalue weighted by Gasteiger charge is 2.41. The first-order chi connectivity index (χ1) is 14.5. The number of hydrogen-bond donors (Lipinski definition) is 0. The smallest absolute Gasteiger partial charge is 0.254 e. The summed E-state index contributed by atoms with van der Waals surface area (Å²) in [5, 5.41) is 1.48. The van der Waals surface area contributed by atoms with E-state index in [0.29, 0.717) is 55.4 Å². The minimum Gasteiger partial charge on any atom is -0.347 e. The molecule has 2 aromatic carbocycles. The van der Waals surface area contributed by atoms with E-state index in [1.807, 2.05) is 60.4 Å². The minimum absolute atomic E-state index is 0.00847. The Kier molecular flexibility index (Phi) is 4.97.